The maximum atomic E-state index is 13.3. The molecule has 0 radical (unpaired) electrons. The summed E-state index contributed by atoms with van der Waals surface area (Å²) in [6, 6.07) is 19.6. The zero-order valence-corrected chi connectivity index (χ0v) is 17.0. The molecular weight excluding hydrogens is 417 g/mol. The number of alkyl halides is 3. The van der Waals surface area contributed by atoms with Crippen LogP contribution >= 0.6 is 0 Å². The van der Waals surface area contributed by atoms with Crippen molar-refractivity contribution >= 4 is 16.7 Å². The normalized spacial score (nSPS) is 12.0. The largest absolute Gasteiger partial charge is 0.416 e. The van der Waals surface area contributed by atoms with E-state index in [9.17, 15) is 18.0 Å². The van der Waals surface area contributed by atoms with Gasteiger partial charge >= 0.3 is 6.18 Å². The Morgan fingerprint density at radius 2 is 1.56 bits per heavy atom. The molecule has 5 rings (SSSR count). The Balaban J connectivity index is 1.74. The van der Waals surface area contributed by atoms with Gasteiger partial charge in [0.1, 0.15) is 0 Å². The number of aromatic nitrogens is 4. The van der Waals surface area contributed by atoms with Gasteiger partial charge in [0.15, 0.2) is 5.82 Å². The molecule has 0 saturated carbocycles. The summed E-state index contributed by atoms with van der Waals surface area (Å²) in [5.74, 6) is 0.687. The number of para-hydroxylation sites is 1. The fourth-order valence-corrected chi connectivity index (χ4v) is 3.77. The highest BCUT2D eigenvalue weighted by Crippen LogP contribution is 2.31. The Kier molecular flexibility index (Phi) is 4.58. The molecule has 160 valence electrons. The number of hydrogen-bond acceptors (Lipinski definition) is 3. The fraction of sp³-hybridized carbons (Fsp3) is 0.125. The predicted molar refractivity (Wildman–Crippen MR) is 115 cm³/mol. The SMILES string of the molecule is Cc1ccc(Cn2c(=O)c3ccccc3n3c(-c4ccc(C(F)(F)F)cc4)nnc23)cc1. The molecular formula is C24H17F3N4O. The van der Waals surface area contributed by atoms with Crippen molar-refractivity contribution in [2.45, 2.75) is 19.6 Å². The maximum absolute atomic E-state index is 13.3. The van der Waals surface area contributed by atoms with E-state index in [-0.39, 0.29) is 5.56 Å². The fourth-order valence-electron chi connectivity index (χ4n) is 3.77. The van der Waals surface area contributed by atoms with Crippen LogP contribution in [0, 0.1) is 6.92 Å². The lowest BCUT2D eigenvalue weighted by Crippen LogP contribution is -2.24. The quantitative estimate of drug-likeness (QED) is 0.398. The van der Waals surface area contributed by atoms with Crippen molar-refractivity contribution in [1.82, 2.24) is 19.2 Å². The van der Waals surface area contributed by atoms with Crippen LogP contribution in [-0.4, -0.2) is 19.2 Å². The summed E-state index contributed by atoms with van der Waals surface area (Å²) in [4.78, 5) is 13.3. The second kappa shape index (κ2) is 7.33. The molecule has 0 aliphatic rings. The third kappa shape index (κ3) is 3.33. The molecule has 3 aromatic carbocycles. The number of rotatable bonds is 3. The van der Waals surface area contributed by atoms with Gasteiger partial charge in [0.2, 0.25) is 5.78 Å². The van der Waals surface area contributed by atoms with Crippen molar-refractivity contribution in [3.05, 3.63) is 99.8 Å². The maximum Gasteiger partial charge on any atom is 0.416 e. The van der Waals surface area contributed by atoms with Gasteiger partial charge in [0, 0.05) is 5.56 Å². The number of hydrogen-bond donors (Lipinski definition) is 0. The van der Waals surface area contributed by atoms with Crippen molar-refractivity contribution in [1.29, 1.82) is 0 Å². The summed E-state index contributed by atoms with van der Waals surface area (Å²) >= 11 is 0. The van der Waals surface area contributed by atoms with Crippen molar-refractivity contribution in [3.63, 3.8) is 0 Å². The first-order valence-corrected chi connectivity index (χ1v) is 9.93. The molecule has 0 amide bonds. The van der Waals surface area contributed by atoms with Crippen LogP contribution in [0.25, 0.3) is 28.1 Å². The number of halogens is 3. The van der Waals surface area contributed by atoms with Gasteiger partial charge in [-0.25, -0.2) is 0 Å². The van der Waals surface area contributed by atoms with Crippen LogP contribution in [0.1, 0.15) is 16.7 Å². The third-order valence-corrected chi connectivity index (χ3v) is 5.44. The average molecular weight is 434 g/mol. The van der Waals surface area contributed by atoms with Crippen LogP contribution in [0.2, 0.25) is 0 Å². The van der Waals surface area contributed by atoms with Crippen LogP contribution in [0.5, 0.6) is 0 Å². The molecule has 2 heterocycles. The molecule has 5 nitrogen and oxygen atoms in total. The van der Waals surface area contributed by atoms with E-state index in [0.29, 0.717) is 34.6 Å². The van der Waals surface area contributed by atoms with E-state index >= 15 is 0 Å². The molecule has 32 heavy (non-hydrogen) atoms. The number of benzene rings is 3. The molecule has 2 aromatic heterocycles. The molecule has 0 atom stereocenters. The van der Waals surface area contributed by atoms with E-state index in [1.807, 2.05) is 31.2 Å². The zero-order chi connectivity index (χ0) is 22.5. The van der Waals surface area contributed by atoms with Gasteiger partial charge in [-0.1, -0.05) is 54.1 Å². The molecule has 5 aromatic rings. The van der Waals surface area contributed by atoms with Gasteiger partial charge in [-0.3, -0.25) is 13.8 Å². The van der Waals surface area contributed by atoms with Gasteiger partial charge in [-0.2, -0.15) is 13.2 Å². The zero-order valence-electron chi connectivity index (χ0n) is 17.0. The summed E-state index contributed by atoms with van der Waals surface area (Å²) in [5, 5.41) is 8.95. The van der Waals surface area contributed by atoms with Gasteiger partial charge in [-0.05, 0) is 36.8 Å². The number of fused-ring (bicyclic) bond motifs is 3. The summed E-state index contributed by atoms with van der Waals surface area (Å²) in [5.41, 5.74) is 2.14. The molecule has 0 N–H and O–H groups in total. The van der Waals surface area contributed by atoms with Crippen LogP contribution in [0.4, 0.5) is 13.2 Å². The molecule has 0 saturated heterocycles. The summed E-state index contributed by atoms with van der Waals surface area (Å²) in [6.07, 6.45) is -4.42. The Labute approximate surface area is 180 Å². The number of aryl methyl sites for hydroxylation is 1. The highest BCUT2D eigenvalue weighted by Gasteiger charge is 2.30. The van der Waals surface area contributed by atoms with Crippen molar-refractivity contribution in [3.8, 4) is 11.4 Å². The minimum atomic E-state index is -4.42. The van der Waals surface area contributed by atoms with Crippen LogP contribution in [0.3, 0.4) is 0 Å². The van der Waals surface area contributed by atoms with E-state index in [0.717, 1.165) is 23.3 Å². The first-order chi connectivity index (χ1) is 15.3. The third-order valence-electron chi connectivity index (χ3n) is 5.44. The summed E-state index contributed by atoms with van der Waals surface area (Å²) in [7, 11) is 0. The van der Waals surface area contributed by atoms with E-state index < -0.39 is 11.7 Å². The van der Waals surface area contributed by atoms with Gasteiger partial charge < -0.3 is 0 Å². The van der Waals surface area contributed by atoms with E-state index in [2.05, 4.69) is 10.2 Å². The lowest BCUT2D eigenvalue weighted by atomic mass is 10.1. The minimum absolute atomic E-state index is 0.208. The molecule has 8 heteroatoms. The lowest BCUT2D eigenvalue weighted by molar-refractivity contribution is -0.137. The van der Waals surface area contributed by atoms with Gasteiger partial charge in [-0.15, -0.1) is 10.2 Å². The predicted octanol–water partition coefficient (Wildman–Crippen LogP) is 5.09. The van der Waals surface area contributed by atoms with Crippen molar-refractivity contribution in [2.75, 3.05) is 0 Å². The van der Waals surface area contributed by atoms with Gasteiger partial charge in [0.05, 0.1) is 23.0 Å². The molecule has 0 aliphatic carbocycles. The smallest absolute Gasteiger partial charge is 0.272 e. The van der Waals surface area contributed by atoms with E-state index in [1.54, 1.807) is 28.7 Å². The Bertz CT molecular complexity index is 1500. The van der Waals surface area contributed by atoms with Crippen LogP contribution in [-0.2, 0) is 12.7 Å². The standard InChI is InChI=1S/C24H17F3N4O/c1-15-6-8-16(9-7-15)14-30-22(32)19-4-2-3-5-20(19)31-21(28-29-23(30)31)17-10-12-18(13-11-17)24(25,26)27/h2-13H,14H2,1H3. The molecule has 0 fully saturated rings. The van der Waals surface area contributed by atoms with E-state index in [4.69, 9.17) is 0 Å². The Hall–Kier alpha value is -3.94. The van der Waals surface area contributed by atoms with Crippen LogP contribution in [0.15, 0.2) is 77.6 Å². The van der Waals surface area contributed by atoms with E-state index in [1.165, 1.54) is 16.7 Å². The number of nitrogens with zero attached hydrogens (tertiary/aromatic N) is 4. The van der Waals surface area contributed by atoms with Crippen molar-refractivity contribution in [2.24, 2.45) is 0 Å². The van der Waals surface area contributed by atoms with Gasteiger partial charge in [0.25, 0.3) is 5.56 Å². The summed E-state index contributed by atoms with van der Waals surface area (Å²) < 4.78 is 42.2. The van der Waals surface area contributed by atoms with Crippen LogP contribution < -0.4 is 5.56 Å². The summed E-state index contributed by atoms with van der Waals surface area (Å²) in [6.45, 7) is 2.28. The Morgan fingerprint density at radius 1 is 0.875 bits per heavy atom. The first kappa shape index (κ1) is 20.0. The minimum Gasteiger partial charge on any atom is -0.272 e. The molecule has 0 spiro atoms. The molecule has 0 bridgehead atoms. The molecule has 0 aliphatic heterocycles. The average Bonchev–Trinajstić information content (AvgIpc) is 3.23. The second-order valence-electron chi connectivity index (χ2n) is 7.63. The monoisotopic (exact) mass is 434 g/mol. The Morgan fingerprint density at radius 3 is 2.25 bits per heavy atom. The second-order valence-corrected chi connectivity index (χ2v) is 7.63. The highest BCUT2D eigenvalue weighted by atomic mass is 19.4. The molecule has 0 unspecified atom stereocenters. The lowest BCUT2D eigenvalue weighted by Gasteiger charge is -2.12. The van der Waals surface area contributed by atoms with Crippen molar-refractivity contribution < 1.29 is 13.2 Å². The highest BCUT2D eigenvalue weighted by molar-refractivity contribution is 5.82. The topological polar surface area (TPSA) is 52.2 Å². The first-order valence-electron chi connectivity index (χ1n) is 9.93.